The molecular weight excluding hydrogens is 252 g/mol. The van der Waals surface area contributed by atoms with Crippen molar-refractivity contribution in [3.63, 3.8) is 0 Å². The predicted octanol–water partition coefficient (Wildman–Crippen LogP) is 0.411. The zero-order chi connectivity index (χ0) is 14.3. The highest BCUT2D eigenvalue weighted by atomic mass is 16.5. The lowest BCUT2D eigenvalue weighted by Gasteiger charge is -2.16. The molecule has 106 valence electrons. The minimum Gasteiger partial charge on any atom is -0.480 e. The number of hydrogen-bond donors (Lipinski definition) is 3. The minimum atomic E-state index is -1.04. The molecule has 0 radical (unpaired) electrons. The SMILES string of the molecule is CC(C)C[C@@H](NC(=O)NCCc1ncno1)C(=O)O. The average Bonchev–Trinajstić information content (AvgIpc) is 2.80. The summed E-state index contributed by atoms with van der Waals surface area (Å²) < 4.78 is 4.76. The Balaban J connectivity index is 2.30. The monoisotopic (exact) mass is 270 g/mol. The Labute approximate surface area is 110 Å². The smallest absolute Gasteiger partial charge is 0.326 e. The number of carbonyl (C=O) groups is 2. The van der Waals surface area contributed by atoms with E-state index in [1.165, 1.54) is 6.33 Å². The van der Waals surface area contributed by atoms with Gasteiger partial charge in [0.05, 0.1) is 0 Å². The molecule has 19 heavy (non-hydrogen) atoms. The Morgan fingerprint density at radius 3 is 2.74 bits per heavy atom. The van der Waals surface area contributed by atoms with Gasteiger partial charge in [0.2, 0.25) is 5.89 Å². The number of carboxylic acids is 1. The summed E-state index contributed by atoms with van der Waals surface area (Å²) in [7, 11) is 0. The molecule has 1 aromatic rings. The van der Waals surface area contributed by atoms with Crippen molar-refractivity contribution in [3.8, 4) is 0 Å². The molecule has 8 nitrogen and oxygen atoms in total. The fraction of sp³-hybridized carbons (Fsp3) is 0.636. The summed E-state index contributed by atoms with van der Waals surface area (Å²) in [4.78, 5) is 26.3. The average molecular weight is 270 g/mol. The maximum atomic E-state index is 11.5. The van der Waals surface area contributed by atoms with Crippen LogP contribution in [0.4, 0.5) is 4.79 Å². The van der Waals surface area contributed by atoms with Gasteiger partial charge >= 0.3 is 12.0 Å². The van der Waals surface area contributed by atoms with Crippen molar-refractivity contribution in [1.29, 1.82) is 0 Å². The summed E-state index contributed by atoms with van der Waals surface area (Å²) in [5.41, 5.74) is 0. The lowest BCUT2D eigenvalue weighted by molar-refractivity contribution is -0.139. The Kier molecular flexibility index (Phi) is 5.77. The van der Waals surface area contributed by atoms with E-state index in [-0.39, 0.29) is 5.92 Å². The summed E-state index contributed by atoms with van der Waals surface area (Å²) in [6.45, 7) is 4.08. The summed E-state index contributed by atoms with van der Waals surface area (Å²) >= 11 is 0. The van der Waals surface area contributed by atoms with Crippen LogP contribution in [0.25, 0.3) is 0 Å². The van der Waals surface area contributed by atoms with E-state index in [2.05, 4.69) is 20.8 Å². The largest absolute Gasteiger partial charge is 0.480 e. The number of rotatable bonds is 7. The van der Waals surface area contributed by atoms with Crippen LogP contribution in [-0.2, 0) is 11.2 Å². The van der Waals surface area contributed by atoms with Gasteiger partial charge in [-0.2, -0.15) is 4.98 Å². The molecule has 1 aromatic heterocycles. The number of aliphatic carboxylic acids is 1. The summed E-state index contributed by atoms with van der Waals surface area (Å²) in [6, 6.07) is -1.41. The molecule has 0 aliphatic heterocycles. The van der Waals surface area contributed by atoms with Crippen molar-refractivity contribution in [2.24, 2.45) is 5.92 Å². The third-order valence-corrected chi connectivity index (χ3v) is 2.34. The van der Waals surface area contributed by atoms with E-state index in [0.717, 1.165) is 0 Å². The van der Waals surface area contributed by atoms with Gasteiger partial charge in [-0.15, -0.1) is 0 Å². The summed E-state index contributed by atoms with van der Waals surface area (Å²) in [5, 5.41) is 17.4. The second kappa shape index (κ2) is 7.34. The molecule has 3 N–H and O–H groups in total. The van der Waals surface area contributed by atoms with Gasteiger partial charge in [-0.3, -0.25) is 0 Å². The van der Waals surface area contributed by atoms with E-state index < -0.39 is 18.0 Å². The second-order valence-corrected chi connectivity index (χ2v) is 4.51. The lowest BCUT2D eigenvalue weighted by Crippen LogP contribution is -2.47. The first-order valence-corrected chi connectivity index (χ1v) is 6.01. The fourth-order valence-electron chi connectivity index (χ4n) is 1.49. The quantitative estimate of drug-likeness (QED) is 0.660. The maximum absolute atomic E-state index is 11.5. The van der Waals surface area contributed by atoms with E-state index in [1.54, 1.807) is 0 Å². The number of amides is 2. The number of urea groups is 1. The highest BCUT2D eigenvalue weighted by Crippen LogP contribution is 2.04. The van der Waals surface area contributed by atoms with Crippen molar-refractivity contribution in [3.05, 3.63) is 12.2 Å². The molecule has 0 saturated carbocycles. The van der Waals surface area contributed by atoms with E-state index in [1.807, 2.05) is 13.8 Å². The number of nitrogens with one attached hydrogen (secondary N) is 2. The Hall–Kier alpha value is -2.12. The van der Waals surface area contributed by atoms with Gasteiger partial charge in [-0.1, -0.05) is 19.0 Å². The minimum absolute atomic E-state index is 0.180. The standard InChI is InChI=1S/C11H18N4O4/c1-7(2)5-8(10(16)17)15-11(18)12-4-3-9-13-6-14-19-9/h6-8H,3-5H2,1-2H3,(H,16,17)(H2,12,15,18)/t8-/m1/s1. The Morgan fingerprint density at radius 2 is 2.21 bits per heavy atom. The van der Waals surface area contributed by atoms with E-state index >= 15 is 0 Å². The predicted molar refractivity (Wildman–Crippen MR) is 65.4 cm³/mol. The van der Waals surface area contributed by atoms with E-state index in [0.29, 0.717) is 25.3 Å². The number of carbonyl (C=O) groups excluding carboxylic acids is 1. The van der Waals surface area contributed by atoms with Crippen LogP contribution in [0.2, 0.25) is 0 Å². The van der Waals surface area contributed by atoms with Crippen molar-refractivity contribution >= 4 is 12.0 Å². The summed E-state index contributed by atoms with van der Waals surface area (Å²) in [6.07, 6.45) is 2.06. The molecule has 0 fully saturated rings. The van der Waals surface area contributed by atoms with Crippen LogP contribution in [0.15, 0.2) is 10.9 Å². The molecule has 2 amide bonds. The topological polar surface area (TPSA) is 117 Å². The Morgan fingerprint density at radius 1 is 1.47 bits per heavy atom. The summed E-state index contributed by atoms with van der Waals surface area (Å²) in [5.74, 6) is -0.446. The zero-order valence-corrected chi connectivity index (χ0v) is 10.9. The van der Waals surface area contributed by atoms with Crippen LogP contribution in [0.1, 0.15) is 26.2 Å². The molecule has 0 bridgehead atoms. The molecule has 0 aliphatic carbocycles. The first-order chi connectivity index (χ1) is 8.99. The van der Waals surface area contributed by atoms with Crippen LogP contribution in [-0.4, -0.2) is 39.8 Å². The first-order valence-electron chi connectivity index (χ1n) is 6.01. The van der Waals surface area contributed by atoms with Gasteiger partial charge in [-0.05, 0) is 12.3 Å². The van der Waals surface area contributed by atoms with Crippen LogP contribution in [0.5, 0.6) is 0 Å². The second-order valence-electron chi connectivity index (χ2n) is 4.51. The van der Waals surface area contributed by atoms with Gasteiger partial charge in [0, 0.05) is 13.0 Å². The van der Waals surface area contributed by atoms with Crippen molar-refractivity contribution < 1.29 is 19.2 Å². The fourth-order valence-corrected chi connectivity index (χ4v) is 1.49. The molecule has 0 aliphatic rings. The first kappa shape index (κ1) is 14.9. The number of aromatic nitrogens is 2. The molecule has 0 spiro atoms. The van der Waals surface area contributed by atoms with E-state index in [9.17, 15) is 9.59 Å². The number of nitrogens with zero attached hydrogens (tertiary/aromatic N) is 2. The maximum Gasteiger partial charge on any atom is 0.326 e. The molecular formula is C11H18N4O4. The number of hydrogen-bond acceptors (Lipinski definition) is 5. The van der Waals surface area contributed by atoms with Crippen molar-refractivity contribution in [1.82, 2.24) is 20.8 Å². The molecule has 8 heteroatoms. The normalized spacial score (nSPS) is 12.2. The highest BCUT2D eigenvalue weighted by Gasteiger charge is 2.20. The highest BCUT2D eigenvalue weighted by molar-refractivity contribution is 5.82. The van der Waals surface area contributed by atoms with Crippen LogP contribution in [0, 0.1) is 5.92 Å². The zero-order valence-electron chi connectivity index (χ0n) is 10.9. The third kappa shape index (κ3) is 5.84. The third-order valence-electron chi connectivity index (χ3n) is 2.34. The molecule has 1 atom stereocenters. The molecule has 0 saturated heterocycles. The molecule has 0 unspecified atom stereocenters. The molecule has 1 heterocycles. The van der Waals surface area contributed by atoms with Crippen molar-refractivity contribution in [2.75, 3.05) is 6.54 Å². The lowest BCUT2D eigenvalue weighted by atomic mass is 10.0. The number of carboxylic acid groups (broad SMARTS) is 1. The van der Waals surface area contributed by atoms with E-state index in [4.69, 9.17) is 9.63 Å². The van der Waals surface area contributed by atoms with Crippen LogP contribution >= 0.6 is 0 Å². The van der Waals surface area contributed by atoms with Crippen LogP contribution in [0.3, 0.4) is 0 Å². The van der Waals surface area contributed by atoms with Gasteiger partial charge < -0.3 is 20.3 Å². The van der Waals surface area contributed by atoms with Gasteiger partial charge in [0.15, 0.2) is 6.33 Å². The molecule has 0 aromatic carbocycles. The molecule has 1 rings (SSSR count). The van der Waals surface area contributed by atoms with Crippen molar-refractivity contribution in [2.45, 2.75) is 32.7 Å². The van der Waals surface area contributed by atoms with Gasteiger partial charge in [0.1, 0.15) is 6.04 Å². The Bertz CT molecular complexity index is 405. The van der Waals surface area contributed by atoms with Gasteiger partial charge in [-0.25, -0.2) is 9.59 Å². The van der Waals surface area contributed by atoms with Gasteiger partial charge in [0.25, 0.3) is 0 Å². The van der Waals surface area contributed by atoms with Crippen LogP contribution < -0.4 is 10.6 Å².